The third-order valence-corrected chi connectivity index (χ3v) is 3.63. The van der Waals surface area contributed by atoms with Gasteiger partial charge >= 0.3 is 0 Å². The minimum atomic E-state index is -0.539. The van der Waals surface area contributed by atoms with Crippen LogP contribution >= 0.6 is 0 Å². The molecule has 3 aromatic rings. The van der Waals surface area contributed by atoms with Gasteiger partial charge in [-0.1, -0.05) is 18.2 Å². The summed E-state index contributed by atoms with van der Waals surface area (Å²) in [5, 5.41) is 2.73. The number of carbonyl (C=O) groups is 1. The van der Waals surface area contributed by atoms with E-state index in [1.165, 1.54) is 12.1 Å². The van der Waals surface area contributed by atoms with Gasteiger partial charge in [0.05, 0.1) is 24.1 Å². The topological polar surface area (TPSA) is 61.0 Å². The molecule has 0 aliphatic carbocycles. The van der Waals surface area contributed by atoms with Crippen LogP contribution in [0.2, 0.25) is 0 Å². The number of aromatic amines is 1. The molecule has 0 spiro atoms. The first kappa shape index (κ1) is 15.7. The van der Waals surface area contributed by atoms with Crippen molar-refractivity contribution in [2.24, 2.45) is 0 Å². The Morgan fingerprint density at radius 1 is 1.25 bits per heavy atom. The summed E-state index contributed by atoms with van der Waals surface area (Å²) in [5.74, 6) is -1.01. The highest BCUT2D eigenvalue weighted by atomic mass is 19.1. The third-order valence-electron chi connectivity index (χ3n) is 3.63. The number of rotatable bonds is 5. The van der Waals surface area contributed by atoms with Gasteiger partial charge in [0.1, 0.15) is 5.82 Å². The molecule has 0 saturated carbocycles. The summed E-state index contributed by atoms with van der Waals surface area (Å²) in [7, 11) is 1.94. The molecule has 1 aromatic heterocycles. The van der Waals surface area contributed by atoms with Crippen molar-refractivity contribution in [3.05, 3.63) is 78.1 Å². The lowest BCUT2D eigenvalue weighted by Crippen LogP contribution is -2.17. The molecule has 1 heterocycles. The zero-order valence-electron chi connectivity index (χ0n) is 13.2. The minimum absolute atomic E-state index is 0.0220. The van der Waals surface area contributed by atoms with Crippen LogP contribution in [0.25, 0.3) is 0 Å². The highest BCUT2D eigenvalue weighted by Gasteiger charge is 2.11. The highest BCUT2D eigenvalue weighted by Crippen LogP contribution is 2.20. The Bertz CT molecular complexity index is 833. The maximum absolute atomic E-state index is 13.7. The lowest BCUT2D eigenvalue weighted by atomic mass is 10.2. The van der Waals surface area contributed by atoms with Crippen LogP contribution in [-0.4, -0.2) is 22.9 Å². The average Bonchev–Trinajstić information content (AvgIpc) is 3.08. The summed E-state index contributed by atoms with van der Waals surface area (Å²) in [6.45, 7) is 0.657. The summed E-state index contributed by atoms with van der Waals surface area (Å²) in [5.41, 5.74) is 2.54. The predicted octanol–water partition coefficient (Wildman–Crippen LogP) is 3.44. The molecule has 0 atom stereocenters. The minimum Gasteiger partial charge on any atom is -0.369 e. The molecule has 0 fully saturated rings. The second-order valence-electron chi connectivity index (χ2n) is 5.42. The Morgan fingerprint density at radius 3 is 2.83 bits per heavy atom. The van der Waals surface area contributed by atoms with Crippen LogP contribution < -0.4 is 10.2 Å². The number of aromatic nitrogens is 2. The van der Waals surface area contributed by atoms with E-state index in [1.807, 2.05) is 30.1 Å². The lowest BCUT2D eigenvalue weighted by Gasteiger charge is -2.19. The van der Waals surface area contributed by atoms with Crippen molar-refractivity contribution in [1.82, 2.24) is 9.97 Å². The second kappa shape index (κ2) is 6.95. The first-order chi connectivity index (χ1) is 11.6. The largest absolute Gasteiger partial charge is 0.369 e. The van der Waals surface area contributed by atoms with E-state index >= 15 is 0 Å². The standard InChI is InChI=1S/C18H17FN4O/c1-23(11-14-10-20-12-21-14)15-6-4-5-13(9-15)22-18(24)16-7-2-3-8-17(16)19/h2-10,12H,11H2,1H3,(H,20,21)(H,22,24). The van der Waals surface area contributed by atoms with E-state index in [0.717, 1.165) is 11.4 Å². The van der Waals surface area contributed by atoms with Crippen molar-refractivity contribution in [3.63, 3.8) is 0 Å². The van der Waals surface area contributed by atoms with Crippen LogP contribution in [-0.2, 0) is 6.54 Å². The summed E-state index contributed by atoms with van der Waals surface area (Å²) in [4.78, 5) is 21.3. The van der Waals surface area contributed by atoms with Crippen molar-refractivity contribution in [2.75, 3.05) is 17.3 Å². The number of hydrogen-bond donors (Lipinski definition) is 2. The summed E-state index contributed by atoms with van der Waals surface area (Å²) < 4.78 is 13.7. The van der Waals surface area contributed by atoms with Crippen molar-refractivity contribution in [3.8, 4) is 0 Å². The van der Waals surface area contributed by atoms with E-state index in [9.17, 15) is 9.18 Å². The summed E-state index contributed by atoms with van der Waals surface area (Å²) in [6.07, 6.45) is 3.40. The molecule has 0 bridgehead atoms. The van der Waals surface area contributed by atoms with Gasteiger partial charge in [-0.2, -0.15) is 0 Å². The molecule has 2 aromatic carbocycles. The number of nitrogens with one attached hydrogen (secondary N) is 2. The number of amides is 1. The molecule has 24 heavy (non-hydrogen) atoms. The Labute approximate surface area is 139 Å². The molecule has 5 nitrogen and oxygen atoms in total. The second-order valence-corrected chi connectivity index (χ2v) is 5.42. The van der Waals surface area contributed by atoms with Crippen LogP contribution in [0.1, 0.15) is 16.1 Å². The number of nitrogens with zero attached hydrogens (tertiary/aromatic N) is 2. The SMILES string of the molecule is CN(Cc1cnc[nH]1)c1cccc(NC(=O)c2ccccc2F)c1. The van der Waals surface area contributed by atoms with E-state index in [0.29, 0.717) is 12.2 Å². The van der Waals surface area contributed by atoms with E-state index in [-0.39, 0.29) is 5.56 Å². The van der Waals surface area contributed by atoms with Gasteiger partial charge in [0.25, 0.3) is 5.91 Å². The molecular weight excluding hydrogens is 307 g/mol. The third kappa shape index (κ3) is 3.60. The Morgan fingerprint density at radius 2 is 2.08 bits per heavy atom. The smallest absolute Gasteiger partial charge is 0.258 e. The average molecular weight is 324 g/mol. The fraction of sp³-hybridized carbons (Fsp3) is 0.111. The van der Waals surface area contributed by atoms with Crippen LogP contribution in [0.4, 0.5) is 15.8 Å². The Balaban J connectivity index is 1.73. The van der Waals surface area contributed by atoms with Crippen molar-refractivity contribution < 1.29 is 9.18 Å². The van der Waals surface area contributed by atoms with Gasteiger partial charge in [-0.15, -0.1) is 0 Å². The van der Waals surface area contributed by atoms with Gasteiger partial charge in [-0.05, 0) is 30.3 Å². The van der Waals surface area contributed by atoms with Crippen molar-refractivity contribution >= 4 is 17.3 Å². The van der Waals surface area contributed by atoms with Crippen LogP contribution in [0.15, 0.2) is 61.1 Å². The van der Waals surface area contributed by atoms with E-state index in [2.05, 4.69) is 15.3 Å². The quantitative estimate of drug-likeness (QED) is 0.756. The van der Waals surface area contributed by atoms with Crippen LogP contribution in [0, 0.1) is 5.82 Å². The Hall–Kier alpha value is -3.15. The van der Waals surface area contributed by atoms with Gasteiger partial charge in [-0.25, -0.2) is 9.37 Å². The molecule has 122 valence electrons. The first-order valence-corrected chi connectivity index (χ1v) is 7.48. The fourth-order valence-corrected chi connectivity index (χ4v) is 2.38. The molecule has 0 radical (unpaired) electrons. The molecular formula is C18H17FN4O. The van der Waals surface area contributed by atoms with Gasteiger partial charge in [-0.3, -0.25) is 4.79 Å². The normalized spacial score (nSPS) is 10.4. The Kier molecular flexibility index (Phi) is 4.56. The van der Waals surface area contributed by atoms with Gasteiger partial charge in [0, 0.05) is 24.6 Å². The first-order valence-electron chi connectivity index (χ1n) is 7.48. The van der Waals surface area contributed by atoms with E-state index < -0.39 is 11.7 Å². The zero-order valence-corrected chi connectivity index (χ0v) is 13.2. The number of H-pyrrole nitrogens is 1. The lowest BCUT2D eigenvalue weighted by molar-refractivity contribution is 0.102. The molecule has 0 unspecified atom stereocenters. The molecule has 0 aliphatic rings. The van der Waals surface area contributed by atoms with Crippen molar-refractivity contribution in [2.45, 2.75) is 6.54 Å². The summed E-state index contributed by atoms with van der Waals surface area (Å²) >= 11 is 0. The molecule has 0 saturated heterocycles. The summed E-state index contributed by atoms with van der Waals surface area (Å²) in [6, 6.07) is 13.3. The number of anilines is 2. The van der Waals surface area contributed by atoms with Gasteiger partial charge in [0.2, 0.25) is 0 Å². The van der Waals surface area contributed by atoms with Gasteiger partial charge < -0.3 is 15.2 Å². The monoisotopic (exact) mass is 324 g/mol. The van der Waals surface area contributed by atoms with Crippen LogP contribution in [0.5, 0.6) is 0 Å². The fourth-order valence-electron chi connectivity index (χ4n) is 2.38. The van der Waals surface area contributed by atoms with Crippen molar-refractivity contribution in [1.29, 1.82) is 0 Å². The number of imidazole rings is 1. The highest BCUT2D eigenvalue weighted by molar-refractivity contribution is 6.04. The maximum atomic E-state index is 13.7. The van der Waals surface area contributed by atoms with E-state index in [4.69, 9.17) is 0 Å². The number of carbonyl (C=O) groups excluding carboxylic acids is 1. The number of halogens is 1. The number of hydrogen-bond acceptors (Lipinski definition) is 3. The van der Waals surface area contributed by atoms with Crippen LogP contribution in [0.3, 0.4) is 0 Å². The maximum Gasteiger partial charge on any atom is 0.258 e. The molecule has 3 rings (SSSR count). The molecule has 1 amide bonds. The van der Waals surface area contributed by atoms with Gasteiger partial charge in [0.15, 0.2) is 0 Å². The molecule has 0 aliphatic heterocycles. The number of benzene rings is 2. The molecule has 6 heteroatoms. The molecule has 2 N–H and O–H groups in total. The predicted molar refractivity (Wildman–Crippen MR) is 91.5 cm³/mol. The van der Waals surface area contributed by atoms with E-state index in [1.54, 1.807) is 30.7 Å². The zero-order chi connectivity index (χ0) is 16.9.